The molecule has 3 fully saturated rings. The minimum atomic E-state index is -3.21. The number of oxime groups is 1. The highest BCUT2D eigenvalue weighted by atomic mass is 32.1. The molecule has 3 saturated heterocycles. The lowest BCUT2D eigenvalue weighted by molar-refractivity contribution is -0.296. The first-order valence-electron chi connectivity index (χ1n) is 23.6. The Labute approximate surface area is 403 Å². The number of nitrogens with zero attached hydrogens (tertiary/aromatic N) is 5. The Bertz CT molecular complexity index is 2170. The van der Waals surface area contributed by atoms with Crippen molar-refractivity contribution in [2.45, 2.75) is 174 Å². The number of ether oxygens (including phenoxy) is 4. The van der Waals surface area contributed by atoms with E-state index in [0.717, 1.165) is 6.92 Å². The number of aliphatic imine (C=N–C) groups is 1. The Balaban J connectivity index is 1.62. The van der Waals surface area contributed by atoms with Crippen LogP contribution in [-0.2, 0) is 49.6 Å². The number of esters is 1. The fourth-order valence-corrected chi connectivity index (χ4v) is 10.5. The number of carbonyl (C=O) groups excluding carboxylic acids is 4. The van der Waals surface area contributed by atoms with Crippen molar-refractivity contribution in [3.63, 3.8) is 0 Å². The van der Waals surface area contributed by atoms with E-state index in [0.29, 0.717) is 40.1 Å². The quantitative estimate of drug-likeness (QED) is 0.125. The second kappa shape index (κ2) is 22.7. The van der Waals surface area contributed by atoms with Gasteiger partial charge in [0.15, 0.2) is 18.7 Å². The summed E-state index contributed by atoms with van der Waals surface area (Å²) in [6.07, 6.45) is -4.62. The van der Waals surface area contributed by atoms with Gasteiger partial charge in [0.2, 0.25) is 11.8 Å². The molecular weight excluding hydrogens is 902 g/mol. The van der Waals surface area contributed by atoms with Crippen LogP contribution in [0.3, 0.4) is 0 Å². The zero-order valence-corrected chi connectivity index (χ0v) is 42.3. The van der Waals surface area contributed by atoms with E-state index in [4.69, 9.17) is 29.5 Å². The normalized spacial score (nSPS) is 36.1. The van der Waals surface area contributed by atoms with Crippen LogP contribution in [0.2, 0.25) is 0 Å². The van der Waals surface area contributed by atoms with Gasteiger partial charge in [-0.3, -0.25) is 14.4 Å². The number of fused-ring (bicyclic) bond motifs is 5. The van der Waals surface area contributed by atoms with Crippen LogP contribution >= 0.6 is 11.3 Å². The van der Waals surface area contributed by atoms with E-state index in [1.165, 1.54) is 25.2 Å². The Hall–Kier alpha value is -4.15. The van der Waals surface area contributed by atoms with Gasteiger partial charge in [0.05, 0.1) is 41.9 Å². The zero-order valence-electron chi connectivity index (χ0n) is 41.5. The largest absolute Gasteiger partial charge is 0.457 e. The van der Waals surface area contributed by atoms with Crippen molar-refractivity contribution in [1.29, 1.82) is 0 Å². The molecule has 2 aromatic heterocycles. The number of pyridine rings is 1. The molecule has 5 N–H and O–H groups in total. The van der Waals surface area contributed by atoms with Crippen LogP contribution < -0.4 is 11.1 Å². The SMILES string of the molecule is CCC(=O)N=C1[C@H](C)C[C@@]2(C)OC/C(=N/OCc3csc(-c4cccc(NC(=O)[C@H](C)N)n4)n3)CC[C@H]([C@H]1C)[C@](C)(O)[C@@H](CC)OC(=O)[C@@](C)(F)C(=O)[C@H](C)[C@H]2O[C@@H]1O[C@H](C)C[C@H](N(C)C)[C@H]1O. The van der Waals surface area contributed by atoms with Gasteiger partial charge in [-0.25, -0.2) is 24.1 Å². The molecule has 2 amide bonds. The third-order valence-corrected chi connectivity index (χ3v) is 14.6. The van der Waals surface area contributed by atoms with Gasteiger partial charge in [0.25, 0.3) is 5.67 Å². The number of Topliss-reactive ketones (excluding diaryl/α,β-unsaturated/α-hetero) is 1. The number of nitrogens with two attached hydrogens (primary N) is 1. The predicted octanol–water partition coefficient (Wildman–Crippen LogP) is 5.42. The minimum absolute atomic E-state index is 0.0321. The lowest BCUT2D eigenvalue weighted by Gasteiger charge is -2.48. The smallest absolute Gasteiger partial charge is 0.351 e. The number of cyclic esters (lactones) is 1. The summed E-state index contributed by atoms with van der Waals surface area (Å²) in [5.74, 6) is -6.53. The predicted molar refractivity (Wildman–Crippen MR) is 254 cm³/mol. The standard InChI is InChI=1S/C48H72FN7O11S/c1-13-35-48(10,62)32-19-18-30(55-64-23-31-24-68-43(51-31)33-16-15-17-36(52-33)53-42(60)29(7)50)22-63-46(8,21-25(3)38(27(32)5)54-37(57)14-2)41(28(6)40(59)47(9,49)45(61)66-35)67-44-39(58)34(56(11)12)20-26(4)65-44/h15-17,24-29,32,34-35,39,41,44,58,62H,13-14,18-23,50H2,1-12H3,(H,52,53,60)/b54-38?,55-30+/t25-,26-,27-,28+,29+,32-,34+,35-,39-,41-,44+,46-,47+,48+/m1/s1. The number of thiazole rings is 1. The summed E-state index contributed by atoms with van der Waals surface area (Å²) < 4.78 is 42.7. The van der Waals surface area contributed by atoms with Crippen molar-refractivity contribution in [3.8, 4) is 10.7 Å². The van der Waals surface area contributed by atoms with E-state index >= 15 is 4.39 Å². The molecule has 5 rings (SSSR count). The summed E-state index contributed by atoms with van der Waals surface area (Å²) in [5.41, 5.74) is 0.966. The summed E-state index contributed by atoms with van der Waals surface area (Å²) in [6.45, 7) is 15.7. The van der Waals surface area contributed by atoms with Gasteiger partial charge in [-0.1, -0.05) is 45.8 Å². The van der Waals surface area contributed by atoms with E-state index in [2.05, 4.69) is 25.4 Å². The number of aliphatic hydroxyl groups excluding tert-OH is 1. The van der Waals surface area contributed by atoms with Gasteiger partial charge in [0, 0.05) is 35.4 Å². The van der Waals surface area contributed by atoms with Crippen molar-refractivity contribution in [1.82, 2.24) is 14.9 Å². The van der Waals surface area contributed by atoms with Crippen LogP contribution in [0.15, 0.2) is 33.7 Å². The Morgan fingerprint density at radius 1 is 1.12 bits per heavy atom. The molecule has 5 heterocycles. The maximum atomic E-state index is 17.0. The first kappa shape index (κ1) is 54.8. The number of anilines is 1. The molecule has 0 spiro atoms. The Morgan fingerprint density at radius 3 is 2.47 bits per heavy atom. The van der Waals surface area contributed by atoms with Gasteiger partial charge in [0.1, 0.15) is 34.3 Å². The van der Waals surface area contributed by atoms with Gasteiger partial charge in [-0.2, -0.15) is 0 Å². The average Bonchev–Trinajstić information content (AvgIpc) is 3.76. The molecule has 0 aromatic carbocycles. The van der Waals surface area contributed by atoms with Gasteiger partial charge < -0.3 is 49.9 Å². The summed E-state index contributed by atoms with van der Waals surface area (Å²) in [7, 11) is 3.64. The summed E-state index contributed by atoms with van der Waals surface area (Å²) >= 11 is 1.32. The summed E-state index contributed by atoms with van der Waals surface area (Å²) in [4.78, 5) is 75.7. The second-order valence-corrected chi connectivity index (χ2v) is 20.4. The molecule has 0 saturated carbocycles. The lowest BCUT2D eigenvalue weighted by Crippen LogP contribution is -2.61. The molecule has 20 heteroatoms. The van der Waals surface area contributed by atoms with Crippen LogP contribution in [0.25, 0.3) is 10.7 Å². The van der Waals surface area contributed by atoms with Crippen molar-refractivity contribution in [3.05, 3.63) is 29.3 Å². The van der Waals surface area contributed by atoms with Crippen LogP contribution in [-0.4, -0.2) is 140 Å². The number of hydrogen-bond donors (Lipinski definition) is 4. The number of hydrogen-bond acceptors (Lipinski definition) is 17. The molecule has 0 radical (unpaired) electrons. The third-order valence-electron chi connectivity index (χ3n) is 13.6. The van der Waals surface area contributed by atoms with Crippen molar-refractivity contribution in [2.24, 2.45) is 39.6 Å². The monoisotopic (exact) mass is 973 g/mol. The van der Waals surface area contributed by atoms with Crippen molar-refractivity contribution < 1.29 is 57.6 Å². The summed E-state index contributed by atoms with van der Waals surface area (Å²) in [6, 6.07) is 4.02. The van der Waals surface area contributed by atoms with E-state index in [-0.39, 0.29) is 51.2 Å². The number of alkyl halides is 1. The lowest BCUT2D eigenvalue weighted by atomic mass is 9.68. The van der Waals surface area contributed by atoms with E-state index < -0.39 is 101 Å². The highest BCUT2D eigenvalue weighted by Gasteiger charge is 2.56. The third kappa shape index (κ3) is 12.6. The zero-order chi connectivity index (χ0) is 50.5. The molecule has 2 aromatic rings. The number of aromatic nitrogens is 2. The fourth-order valence-electron chi connectivity index (χ4n) is 9.72. The number of ketones is 1. The van der Waals surface area contributed by atoms with Gasteiger partial charge in [-0.05, 0) is 105 Å². The van der Waals surface area contributed by atoms with E-state index in [1.807, 2.05) is 39.8 Å². The summed E-state index contributed by atoms with van der Waals surface area (Å²) in [5, 5.41) is 34.0. The Kier molecular flexibility index (Phi) is 18.3. The first-order chi connectivity index (χ1) is 31.8. The Morgan fingerprint density at radius 2 is 1.82 bits per heavy atom. The molecule has 18 nitrogen and oxygen atoms in total. The van der Waals surface area contributed by atoms with Crippen LogP contribution in [0.1, 0.15) is 113 Å². The number of halogens is 1. The van der Waals surface area contributed by atoms with Gasteiger partial charge >= 0.3 is 5.97 Å². The van der Waals surface area contributed by atoms with Crippen LogP contribution in [0, 0.1) is 23.7 Å². The molecule has 3 aliphatic rings. The maximum Gasteiger partial charge on any atom is 0.351 e. The first-order valence-corrected chi connectivity index (χ1v) is 24.5. The molecule has 68 heavy (non-hydrogen) atoms. The van der Waals surface area contributed by atoms with E-state index in [9.17, 15) is 29.4 Å². The molecule has 3 aliphatic heterocycles. The number of amides is 2. The van der Waals surface area contributed by atoms with Gasteiger partial charge in [-0.15, -0.1) is 11.3 Å². The molecule has 14 atom stereocenters. The van der Waals surface area contributed by atoms with Crippen LogP contribution in [0.4, 0.5) is 10.2 Å². The molecule has 2 bridgehead atoms. The number of carbonyl (C=O) groups is 4. The molecule has 378 valence electrons. The molecule has 0 aliphatic carbocycles. The maximum absolute atomic E-state index is 17.0. The van der Waals surface area contributed by atoms with Crippen LogP contribution in [0.5, 0.6) is 0 Å². The number of likely N-dealkylation sites (N-methyl/N-ethyl adjacent to an activating group) is 1. The topological polar surface area (TPSA) is 247 Å². The minimum Gasteiger partial charge on any atom is -0.457 e. The van der Waals surface area contributed by atoms with Crippen molar-refractivity contribution >= 4 is 52.1 Å². The van der Waals surface area contributed by atoms with E-state index in [1.54, 1.807) is 51.3 Å². The number of nitrogens with one attached hydrogen (secondary N) is 1. The highest BCUT2D eigenvalue weighted by Crippen LogP contribution is 2.43. The number of rotatable bonds is 11. The molecule has 0 unspecified atom stereocenters. The highest BCUT2D eigenvalue weighted by molar-refractivity contribution is 7.13. The fraction of sp³-hybridized carbons (Fsp3) is 0.708. The second-order valence-electron chi connectivity index (χ2n) is 19.5. The molecular formula is C48H72FN7O11S. The average molecular weight is 974 g/mol. The number of aliphatic hydroxyl groups is 2. The van der Waals surface area contributed by atoms with Crippen molar-refractivity contribution in [2.75, 3.05) is 26.0 Å².